The maximum atomic E-state index is 13.4. The third-order valence-electron chi connectivity index (χ3n) is 5.37. The molecular formula is C22H26FN3O5S. The first-order valence-electron chi connectivity index (χ1n) is 10.1. The van der Waals surface area contributed by atoms with Crippen molar-refractivity contribution in [1.29, 1.82) is 0 Å². The number of hydrogen-bond acceptors (Lipinski definition) is 5. The van der Waals surface area contributed by atoms with Crippen LogP contribution < -0.4 is 15.4 Å². The minimum absolute atomic E-state index is 0.0722. The van der Waals surface area contributed by atoms with Crippen LogP contribution in [0.25, 0.3) is 0 Å². The zero-order valence-corrected chi connectivity index (χ0v) is 18.7. The molecule has 0 spiro atoms. The summed E-state index contributed by atoms with van der Waals surface area (Å²) in [6.07, 6.45) is 2.26. The summed E-state index contributed by atoms with van der Waals surface area (Å²) in [5.74, 6) is -1.17. The van der Waals surface area contributed by atoms with Crippen LogP contribution in [-0.4, -0.2) is 46.2 Å². The summed E-state index contributed by atoms with van der Waals surface area (Å²) in [7, 11) is -3.63. The lowest BCUT2D eigenvalue weighted by Gasteiger charge is -2.38. The number of halogens is 1. The Morgan fingerprint density at radius 2 is 1.75 bits per heavy atom. The summed E-state index contributed by atoms with van der Waals surface area (Å²) in [5.41, 5.74) is 0.983. The number of hydrogen-bond donors (Lipinski definition) is 3. The van der Waals surface area contributed by atoms with Crippen molar-refractivity contribution in [3.8, 4) is 0 Å². The Balaban J connectivity index is 1.88. The second kappa shape index (κ2) is 9.66. The van der Waals surface area contributed by atoms with E-state index < -0.39 is 21.3 Å². The van der Waals surface area contributed by atoms with Gasteiger partial charge in [0.05, 0.1) is 17.5 Å². The smallest absolute Gasteiger partial charge is 0.253 e. The molecule has 1 heterocycles. The quantitative estimate of drug-likeness (QED) is 0.584. The summed E-state index contributed by atoms with van der Waals surface area (Å²) in [6, 6.07) is 10.5. The molecule has 8 nitrogen and oxygen atoms in total. The Bertz CT molecular complexity index is 1100. The first-order chi connectivity index (χ1) is 15.1. The van der Waals surface area contributed by atoms with E-state index >= 15 is 0 Å². The van der Waals surface area contributed by atoms with Crippen LogP contribution >= 0.6 is 0 Å². The van der Waals surface area contributed by atoms with E-state index in [2.05, 4.69) is 15.4 Å². The van der Waals surface area contributed by atoms with E-state index in [-0.39, 0.29) is 29.5 Å². The summed E-state index contributed by atoms with van der Waals surface area (Å²) in [5, 5.41) is 5.48. The van der Waals surface area contributed by atoms with Crippen LogP contribution in [0.5, 0.6) is 0 Å². The Labute approximate surface area is 186 Å². The number of rotatable bonds is 7. The van der Waals surface area contributed by atoms with Crippen molar-refractivity contribution in [2.75, 3.05) is 36.1 Å². The predicted octanol–water partition coefficient (Wildman–Crippen LogP) is 2.63. The maximum absolute atomic E-state index is 13.4. The first kappa shape index (κ1) is 23.7. The molecule has 0 radical (unpaired) electrons. The number of anilines is 2. The molecule has 0 atom stereocenters. The van der Waals surface area contributed by atoms with Gasteiger partial charge in [0, 0.05) is 37.8 Å². The van der Waals surface area contributed by atoms with Crippen LogP contribution in [0.3, 0.4) is 0 Å². The molecule has 1 aliphatic rings. The van der Waals surface area contributed by atoms with Gasteiger partial charge in [0.2, 0.25) is 15.9 Å². The van der Waals surface area contributed by atoms with Crippen molar-refractivity contribution in [3.63, 3.8) is 0 Å². The molecule has 0 aliphatic carbocycles. The van der Waals surface area contributed by atoms with Gasteiger partial charge in [-0.25, -0.2) is 12.8 Å². The number of amides is 2. The topological polar surface area (TPSA) is 114 Å². The van der Waals surface area contributed by atoms with Crippen LogP contribution in [0.4, 0.5) is 15.8 Å². The zero-order chi connectivity index (χ0) is 23.4. The molecule has 1 aliphatic heterocycles. The molecule has 32 heavy (non-hydrogen) atoms. The molecule has 2 aromatic carbocycles. The number of carbonyl (C=O) groups excluding carboxylic acids is 2. The van der Waals surface area contributed by atoms with Gasteiger partial charge in [-0.1, -0.05) is 12.1 Å². The molecule has 2 amide bonds. The summed E-state index contributed by atoms with van der Waals surface area (Å²) < 4.78 is 44.8. The standard InChI is InChI=1S/C22H26FN3O5S/c1-15(27)25-18-7-8-20(26-32(2,29)30)19(13-18)21(28)24-14-22(9-11-31-12-10-22)16-3-5-17(23)6-4-16/h3-8,13,26H,9-12,14H2,1-2H3,(H,24,28)(H,25,27). The number of carbonyl (C=O) groups is 2. The van der Waals surface area contributed by atoms with E-state index in [0.29, 0.717) is 31.7 Å². The highest BCUT2D eigenvalue weighted by Gasteiger charge is 2.35. The molecule has 1 fully saturated rings. The molecule has 3 rings (SSSR count). The number of sulfonamides is 1. The fourth-order valence-corrected chi connectivity index (χ4v) is 4.36. The fraction of sp³-hybridized carbons (Fsp3) is 0.364. The van der Waals surface area contributed by atoms with E-state index in [4.69, 9.17) is 4.74 Å². The summed E-state index contributed by atoms with van der Waals surface area (Å²) in [6.45, 7) is 2.60. The normalized spacial score (nSPS) is 15.6. The number of nitrogens with one attached hydrogen (secondary N) is 3. The predicted molar refractivity (Wildman–Crippen MR) is 120 cm³/mol. The Hall–Kier alpha value is -2.98. The van der Waals surface area contributed by atoms with Crippen molar-refractivity contribution < 1.29 is 27.1 Å². The monoisotopic (exact) mass is 463 g/mol. The van der Waals surface area contributed by atoms with Crippen molar-refractivity contribution in [2.24, 2.45) is 0 Å². The molecule has 2 aromatic rings. The van der Waals surface area contributed by atoms with Crippen molar-refractivity contribution in [2.45, 2.75) is 25.2 Å². The molecule has 0 bridgehead atoms. The zero-order valence-electron chi connectivity index (χ0n) is 17.9. The lowest BCUT2D eigenvalue weighted by atomic mass is 9.74. The minimum Gasteiger partial charge on any atom is -0.381 e. The molecule has 0 aromatic heterocycles. The Kier molecular flexibility index (Phi) is 7.15. The van der Waals surface area contributed by atoms with Gasteiger partial charge in [-0.3, -0.25) is 14.3 Å². The van der Waals surface area contributed by atoms with E-state index in [1.165, 1.54) is 37.3 Å². The average Bonchev–Trinajstić information content (AvgIpc) is 2.73. The van der Waals surface area contributed by atoms with Gasteiger partial charge in [-0.15, -0.1) is 0 Å². The van der Waals surface area contributed by atoms with E-state index in [9.17, 15) is 22.4 Å². The number of ether oxygens (including phenoxy) is 1. The molecule has 1 saturated heterocycles. The van der Waals surface area contributed by atoms with E-state index in [1.807, 2.05) is 0 Å². The fourth-order valence-electron chi connectivity index (χ4n) is 3.78. The molecule has 0 unspecified atom stereocenters. The molecular weight excluding hydrogens is 437 g/mol. The summed E-state index contributed by atoms with van der Waals surface area (Å²) in [4.78, 5) is 24.5. The number of benzene rings is 2. The van der Waals surface area contributed by atoms with Gasteiger partial charge in [0.15, 0.2) is 0 Å². The second-order valence-electron chi connectivity index (χ2n) is 7.90. The van der Waals surface area contributed by atoms with Crippen LogP contribution in [0.15, 0.2) is 42.5 Å². The minimum atomic E-state index is -3.63. The van der Waals surface area contributed by atoms with Crippen LogP contribution in [-0.2, 0) is 25.0 Å². The lowest BCUT2D eigenvalue weighted by Crippen LogP contribution is -2.44. The van der Waals surface area contributed by atoms with Crippen molar-refractivity contribution >= 4 is 33.2 Å². The van der Waals surface area contributed by atoms with Gasteiger partial charge in [0.25, 0.3) is 5.91 Å². The maximum Gasteiger partial charge on any atom is 0.253 e. The Morgan fingerprint density at radius 1 is 1.09 bits per heavy atom. The van der Waals surface area contributed by atoms with Gasteiger partial charge >= 0.3 is 0 Å². The van der Waals surface area contributed by atoms with Gasteiger partial charge in [-0.2, -0.15) is 0 Å². The SMILES string of the molecule is CC(=O)Nc1ccc(NS(C)(=O)=O)c(C(=O)NCC2(c3ccc(F)cc3)CCOCC2)c1. The second-order valence-corrected chi connectivity index (χ2v) is 9.65. The Morgan fingerprint density at radius 3 is 2.34 bits per heavy atom. The van der Waals surface area contributed by atoms with Crippen LogP contribution in [0.2, 0.25) is 0 Å². The highest BCUT2D eigenvalue weighted by molar-refractivity contribution is 7.92. The van der Waals surface area contributed by atoms with Crippen molar-refractivity contribution in [3.05, 3.63) is 59.4 Å². The van der Waals surface area contributed by atoms with Gasteiger partial charge in [0.1, 0.15) is 5.82 Å². The average molecular weight is 464 g/mol. The van der Waals surface area contributed by atoms with Crippen molar-refractivity contribution in [1.82, 2.24) is 5.32 Å². The van der Waals surface area contributed by atoms with Crippen LogP contribution in [0, 0.1) is 5.82 Å². The first-order valence-corrected chi connectivity index (χ1v) is 12.0. The third-order valence-corrected chi connectivity index (χ3v) is 5.96. The van der Waals surface area contributed by atoms with Crippen LogP contribution in [0.1, 0.15) is 35.7 Å². The van der Waals surface area contributed by atoms with Gasteiger partial charge < -0.3 is 15.4 Å². The van der Waals surface area contributed by atoms with Gasteiger partial charge in [-0.05, 0) is 48.7 Å². The van der Waals surface area contributed by atoms with E-state index in [1.54, 1.807) is 12.1 Å². The highest BCUT2D eigenvalue weighted by Crippen LogP contribution is 2.34. The lowest BCUT2D eigenvalue weighted by molar-refractivity contribution is -0.114. The molecule has 10 heteroatoms. The highest BCUT2D eigenvalue weighted by atomic mass is 32.2. The molecule has 0 saturated carbocycles. The molecule has 172 valence electrons. The third kappa shape index (κ3) is 6.04. The summed E-state index contributed by atoms with van der Waals surface area (Å²) >= 11 is 0. The van der Waals surface area contributed by atoms with E-state index in [0.717, 1.165) is 11.8 Å². The largest absolute Gasteiger partial charge is 0.381 e. The molecule has 3 N–H and O–H groups in total.